The maximum absolute atomic E-state index is 12.8. The number of rotatable bonds is 6. The fraction of sp³-hybridized carbons (Fsp3) is 0.182. The normalized spacial score (nSPS) is 11.8. The number of pyridine rings is 2. The number of nitrogens with zero attached hydrogens (tertiary/aromatic N) is 6. The van der Waals surface area contributed by atoms with Gasteiger partial charge in [-0.25, -0.2) is 14.6 Å². The number of aromatic nitrogens is 6. The summed E-state index contributed by atoms with van der Waals surface area (Å²) in [6.07, 6.45) is 10.9. The van der Waals surface area contributed by atoms with Crippen molar-refractivity contribution in [2.75, 3.05) is 0 Å². The highest BCUT2D eigenvalue weighted by Crippen LogP contribution is 2.17. The highest BCUT2D eigenvalue weighted by atomic mass is 16.1. The first-order valence-corrected chi connectivity index (χ1v) is 9.60. The third-order valence-corrected chi connectivity index (χ3v) is 4.69. The molecule has 4 aromatic heterocycles. The zero-order valence-corrected chi connectivity index (χ0v) is 16.7. The van der Waals surface area contributed by atoms with E-state index in [1.54, 1.807) is 41.9 Å². The summed E-state index contributed by atoms with van der Waals surface area (Å²) in [5, 5.41) is 7.36. The Morgan fingerprint density at radius 3 is 2.60 bits per heavy atom. The quantitative estimate of drug-likeness (QED) is 0.535. The lowest BCUT2D eigenvalue weighted by Gasteiger charge is -2.13. The Morgan fingerprint density at radius 2 is 1.87 bits per heavy atom. The molecule has 0 spiro atoms. The molecule has 0 aliphatic carbocycles. The Kier molecular flexibility index (Phi) is 5.56. The van der Waals surface area contributed by atoms with Crippen LogP contribution in [0.5, 0.6) is 0 Å². The van der Waals surface area contributed by atoms with Crippen molar-refractivity contribution in [2.45, 2.75) is 26.3 Å². The summed E-state index contributed by atoms with van der Waals surface area (Å²) in [5.41, 5.74) is 3.85. The van der Waals surface area contributed by atoms with Crippen molar-refractivity contribution < 1.29 is 4.79 Å². The van der Waals surface area contributed by atoms with Gasteiger partial charge in [0.25, 0.3) is 11.9 Å². The van der Waals surface area contributed by atoms with E-state index in [1.807, 2.05) is 44.2 Å². The molecule has 4 aromatic rings. The first kappa shape index (κ1) is 19.4. The molecule has 30 heavy (non-hydrogen) atoms. The second kappa shape index (κ2) is 8.60. The zero-order chi connectivity index (χ0) is 20.9. The van der Waals surface area contributed by atoms with Crippen LogP contribution in [0, 0.1) is 6.92 Å². The molecule has 0 saturated carbocycles. The highest BCUT2D eigenvalue weighted by molar-refractivity contribution is 5.95. The number of nitrogens with one attached hydrogen (secondary N) is 1. The molecule has 4 heterocycles. The second-order valence-electron chi connectivity index (χ2n) is 6.98. The van der Waals surface area contributed by atoms with Crippen LogP contribution in [0.3, 0.4) is 0 Å². The number of amides is 1. The molecule has 8 heteroatoms. The fourth-order valence-corrected chi connectivity index (χ4v) is 3.18. The SMILES string of the molecule is Cc1c(C(=O)N[C@H](C)Cc2cccnc2)cnn1-c1nccc(-c2cccnc2)n1. The molecule has 0 saturated heterocycles. The summed E-state index contributed by atoms with van der Waals surface area (Å²) >= 11 is 0. The van der Waals surface area contributed by atoms with Gasteiger partial charge in [0.05, 0.1) is 23.1 Å². The predicted octanol–water partition coefficient (Wildman–Crippen LogP) is 2.79. The average molecular weight is 399 g/mol. The monoisotopic (exact) mass is 399 g/mol. The molecule has 8 nitrogen and oxygen atoms in total. The molecule has 0 radical (unpaired) electrons. The van der Waals surface area contributed by atoms with Crippen LogP contribution in [0.2, 0.25) is 0 Å². The minimum atomic E-state index is -0.182. The van der Waals surface area contributed by atoms with Crippen LogP contribution in [0.1, 0.15) is 28.5 Å². The number of carbonyl (C=O) groups excluding carboxylic acids is 1. The molecular weight excluding hydrogens is 378 g/mol. The van der Waals surface area contributed by atoms with Gasteiger partial charge >= 0.3 is 0 Å². The van der Waals surface area contributed by atoms with Crippen molar-refractivity contribution >= 4 is 5.91 Å². The summed E-state index contributed by atoms with van der Waals surface area (Å²) in [5.74, 6) is 0.217. The van der Waals surface area contributed by atoms with E-state index in [1.165, 1.54) is 0 Å². The van der Waals surface area contributed by atoms with Gasteiger partial charge in [0.1, 0.15) is 0 Å². The molecule has 1 N–H and O–H groups in total. The van der Waals surface area contributed by atoms with Gasteiger partial charge in [0.2, 0.25) is 0 Å². The Hall–Kier alpha value is -3.94. The first-order valence-electron chi connectivity index (χ1n) is 9.60. The topological polar surface area (TPSA) is 98.5 Å². The molecule has 0 aromatic carbocycles. The van der Waals surface area contributed by atoms with Gasteiger partial charge in [-0.05, 0) is 50.1 Å². The molecule has 0 unspecified atom stereocenters. The van der Waals surface area contributed by atoms with E-state index < -0.39 is 0 Å². The van der Waals surface area contributed by atoms with Gasteiger partial charge in [-0.3, -0.25) is 14.8 Å². The Balaban J connectivity index is 1.52. The van der Waals surface area contributed by atoms with Crippen molar-refractivity contribution in [2.24, 2.45) is 0 Å². The van der Waals surface area contributed by atoms with E-state index in [-0.39, 0.29) is 11.9 Å². The minimum Gasteiger partial charge on any atom is -0.349 e. The Bertz CT molecular complexity index is 1140. The lowest BCUT2D eigenvalue weighted by molar-refractivity contribution is 0.0939. The van der Waals surface area contributed by atoms with Crippen molar-refractivity contribution in [3.8, 4) is 17.2 Å². The van der Waals surface area contributed by atoms with Crippen LogP contribution in [-0.2, 0) is 6.42 Å². The van der Waals surface area contributed by atoms with Gasteiger partial charge in [-0.1, -0.05) is 6.07 Å². The number of hydrogen-bond acceptors (Lipinski definition) is 6. The number of hydrogen-bond donors (Lipinski definition) is 1. The van der Waals surface area contributed by atoms with E-state index in [0.717, 1.165) is 16.8 Å². The maximum Gasteiger partial charge on any atom is 0.254 e. The molecule has 0 bridgehead atoms. The van der Waals surface area contributed by atoms with Gasteiger partial charge in [0.15, 0.2) is 0 Å². The lowest BCUT2D eigenvalue weighted by Crippen LogP contribution is -2.34. The summed E-state index contributed by atoms with van der Waals surface area (Å²) in [6.45, 7) is 3.79. The predicted molar refractivity (Wildman–Crippen MR) is 112 cm³/mol. The third-order valence-electron chi connectivity index (χ3n) is 4.69. The molecule has 0 fully saturated rings. The first-order chi connectivity index (χ1) is 14.6. The summed E-state index contributed by atoms with van der Waals surface area (Å²) in [4.78, 5) is 29.9. The largest absolute Gasteiger partial charge is 0.349 e. The van der Waals surface area contributed by atoms with Gasteiger partial charge < -0.3 is 5.32 Å². The van der Waals surface area contributed by atoms with Crippen molar-refractivity contribution in [1.82, 2.24) is 35.0 Å². The lowest BCUT2D eigenvalue weighted by atomic mass is 10.1. The molecule has 0 aliphatic heterocycles. The van der Waals surface area contributed by atoms with Crippen LogP contribution < -0.4 is 5.32 Å². The molecular formula is C22H21N7O. The third kappa shape index (κ3) is 4.22. The van der Waals surface area contributed by atoms with Crippen molar-refractivity contribution in [3.05, 3.63) is 84.3 Å². The van der Waals surface area contributed by atoms with Crippen molar-refractivity contribution in [3.63, 3.8) is 0 Å². The van der Waals surface area contributed by atoms with E-state index in [2.05, 4.69) is 30.4 Å². The van der Waals surface area contributed by atoms with Crippen LogP contribution in [0.4, 0.5) is 0 Å². The summed E-state index contributed by atoms with van der Waals surface area (Å²) < 4.78 is 1.57. The number of carbonyl (C=O) groups is 1. The summed E-state index contributed by atoms with van der Waals surface area (Å²) in [6, 6.07) is 9.42. The fourth-order valence-electron chi connectivity index (χ4n) is 3.18. The molecule has 0 aliphatic rings. The molecule has 4 rings (SSSR count). The van der Waals surface area contributed by atoms with Crippen LogP contribution in [0.15, 0.2) is 67.5 Å². The second-order valence-corrected chi connectivity index (χ2v) is 6.98. The summed E-state index contributed by atoms with van der Waals surface area (Å²) in [7, 11) is 0. The van der Waals surface area contributed by atoms with Gasteiger partial charge in [-0.2, -0.15) is 5.10 Å². The van der Waals surface area contributed by atoms with E-state index in [4.69, 9.17) is 0 Å². The smallest absolute Gasteiger partial charge is 0.254 e. The molecule has 1 atom stereocenters. The van der Waals surface area contributed by atoms with Crippen molar-refractivity contribution in [1.29, 1.82) is 0 Å². The Labute approximate surface area is 174 Å². The van der Waals surface area contributed by atoms with Gasteiger partial charge in [0, 0.05) is 42.6 Å². The average Bonchev–Trinajstić information content (AvgIpc) is 3.16. The maximum atomic E-state index is 12.8. The van der Waals surface area contributed by atoms with E-state index >= 15 is 0 Å². The zero-order valence-electron chi connectivity index (χ0n) is 16.7. The molecule has 1 amide bonds. The van der Waals surface area contributed by atoms with E-state index in [0.29, 0.717) is 23.6 Å². The molecule has 150 valence electrons. The Morgan fingerprint density at radius 1 is 1.07 bits per heavy atom. The standard InChI is InChI=1S/C22H21N7O/c1-15(11-17-5-3-8-23-12-17)27-21(30)19-14-26-29(16(19)2)22-25-10-7-20(28-22)18-6-4-9-24-13-18/h3-10,12-15H,11H2,1-2H3,(H,27,30)/t15-/m1/s1. The van der Waals surface area contributed by atoms with Crippen LogP contribution >= 0.6 is 0 Å². The highest BCUT2D eigenvalue weighted by Gasteiger charge is 2.18. The minimum absolute atomic E-state index is 0.0467. The van der Waals surface area contributed by atoms with E-state index in [9.17, 15) is 4.79 Å². The van der Waals surface area contributed by atoms with Gasteiger partial charge in [-0.15, -0.1) is 0 Å². The van der Waals surface area contributed by atoms with Crippen LogP contribution in [-0.4, -0.2) is 41.7 Å². The van der Waals surface area contributed by atoms with Crippen LogP contribution in [0.25, 0.3) is 17.2 Å².